The van der Waals surface area contributed by atoms with Crippen LogP contribution in [0.4, 0.5) is 11.4 Å². The van der Waals surface area contributed by atoms with E-state index in [0.717, 1.165) is 4.31 Å². The number of hydrogen-bond donors (Lipinski definition) is 1. The summed E-state index contributed by atoms with van der Waals surface area (Å²) < 4.78 is 33.6. The summed E-state index contributed by atoms with van der Waals surface area (Å²) in [5.41, 5.74) is 1.78. The van der Waals surface area contributed by atoms with Crippen molar-refractivity contribution >= 4 is 33.1 Å². The summed E-state index contributed by atoms with van der Waals surface area (Å²) in [6.07, 6.45) is 3.25. The van der Waals surface area contributed by atoms with Crippen molar-refractivity contribution in [1.82, 2.24) is 13.9 Å². The lowest BCUT2D eigenvalue weighted by Crippen LogP contribution is -2.37. The first-order valence-electron chi connectivity index (χ1n) is 11.0. The maximum atomic E-state index is 13.3. The van der Waals surface area contributed by atoms with E-state index in [9.17, 15) is 18.0 Å². The Kier molecular flexibility index (Phi) is 7.01. The molecule has 3 aromatic rings. The van der Waals surface area contributed by atoms with Crippen molar-refractivity contribution in [3.8, 4) is 0 Å². The highest BCUT2D eigenvalue weighted by molar-refractivity contribution is 7.89. The molecule has 0 atom stereocenters. The maximum Gasteiger partial charge on any atom is 0.257 e. The lowest BCUT2D eigenvalue weighted by atomic mass is 10.1. The van der Waals surface area contributed by atoms with Gasteiger partial charge in [0.25, 0.3) is 5.91 Å². The predicted octanol–water partition coefficient (Wildman–Crippen LogP) is 1.99. The van der Waals surface area contributed by atoms with Crippen molar-refractivity contribution in [2.45, 2.75) is 4.90 Å². The third kappa shape index (κ3) is 5.11. The zero-order chi connectivity index (χ0) is 25.2. The highest BCUT2D eigenvalue weighted by Gasteiger charge is 2.24. The van der Waals surface area contributed by atoms with Gasteiger partial charge in [-0.3, -0.25) is 9.59 Å². The molecule has 1 aliphatic rings. The number of carbonyl (C=O) groups excluding carboxylic acids is 2. The summed E-state index contributed by atoms with van der Waals surface area (Å²) in [6, 6.07) is 11.0. The minimum absolute atomic E-state index is 0.0284. The van der Waals surface area contributed by atoms with Crippen LogP contribution in [0.5, 0.6) is 0 Å². The second kappa shape index (κ2) is 9.98. The first-order chi connectivity index (χ1) is 16.7. The first-order valence-corrected chi connectivity index (χ1v) is 12.4. The molecule has 35 heavy (non-hydrogen) atoms. The molecule has 1 aliphatic heterocycles. The number of nitrogens with one attached hydrogen (secondary N) is 1. The van der Waals surface area contributed by atoms with Gasteiger partial charge in [0.1, 0.15) is 0 Å². The summed E-state index contributed by atoms with van der Waals surface area (Å²) in [6.45, 7) is 2.21. The van der Waals surface area contributed by atoms with Crippen LogP contribution in [0.1, 0.15) is 26.5 Å². The molecule has 2 heterocycles. The number of ether oxygens (including phenoxy) is 1. The van der Waals surface area contributed by atoms with E-state index in [0.29, 0.717) is 49.1 Å². The van der Waals surface area contributed by atoms with Crippen LogP contribution in [0.2, 0.25) is 0 Å². The molecule has 1 amide bonds. The number of benzene rings is 2. The van der Waals surface area contributed by atoms with E-state index in [1.807, 2.05) is 4.90 Å². The smallest absolute Gasteiger partial charge is 0.257 e. The van der Waals surface area contributed by atoms with E-state index in [1.165, 1.54) is 26.2 Å². The number of rotatable bonds is 7. The number of sulfonamides is 1. The largest absolute Gasteiger partial charge is 0.378 e. The number of imidazole rings is 1. The van der Waals surface area contributed by atoms with Crippen LogP contribution in [0.15, 0.2) is 59.8 Å². The molecule has 2 aromatic carbocycles. The number of aromatic nitrogens is 2. The second-order valence-corrected chi connectivity index (χ2v) is 10.4. The Morgan fingerprint density at radius 2 is 1.74 bits per heavy atom. The number of aryl methyl sites for hydroxylation is 1. The maximum absolute atomic E-state index is 13.3. The number of hydrogen-bond acceptors (Lipinski definition) is 7. The van der Waals surface area contributed by atoms with Gasteiger partial charge in [-0.1, -0.05) is 0 Å². The third-order valence-corrected chi connectivity index (χ3v) is 7.58. The first kappa shape index (κ1) is 24.6. The van der Waals surface area contributed by atoms with Gasteiger partial charge in [0.05, 0.1) is 23.7 Å². The van der Waals surface area contributed by atoms with Crippen LogP contribution in [0.25, 0.3) is 0 Å². The minimum atomic E-state index is -3.73. The molecular formula is C24H27N5O5S. The zero-order valence-corrected chi connectivity index (χ0v) is 20.6. The quantitative estimate of drug-likeness (QED) is 0.497. The molecule has 0 aliphatic carbocycles. The Morgan fingerprint density at radius 1 is 1.06 bits per heavy atom. The van der Waals surface area contributed by atoms with E-state index in [-0.39, 0.29) is 16.2 Å². The summed E-state index contributed by atoms with van der Waals surface area (Å²) >= 11 is 0. The fourth-order valence-electron chi connectivity index (χ4n) is 3.77. The van der Waals surface area contributed by atoms with Crippen LogP contribution in [0.3, 0.4) is 0 Å². The molecule has 1 N–H and O–H groups in total. The Balaban J connectivity index is 1.62. The number of anilines is 2. The standard InChI is InChI=1S/C24H27N5O5S/c1-27(2)35(32,33)19-8-9-21(29-12-14-34-15-13-29)20(16-19)24(31)26-18-6-4-17(5-7-18)22(30)23-25-10-11-28(23)3/h4-11,16H,12-15H2,1-3H3,(H,26,31). The van der Waals surface area contributed by atoms with Crippen LogP contribution in [0, 0.1) is 0 Å². The highest BCUT2D eigenvalue weighted by Crippen LogP contribution is 2.27. The topological polar surface area (TPSA) is 114 Å². The molecule has 0 spiro atoms. The molecule has 0 saturated carbocycles. The van der Waals surface area contributed by atoms with Gasteiger partial charge in [0.2, 0.25) is 15.8 Å². The molecular weight excluding hydrogens is 470 g/mol. The zero-order valence-electron chi connectivity index (χ0n) is 19.8. The summed E-state index contributed by atoms with van der Waals surface area (Å²) in [5.74, 6) is -0.368. The molecule has 1 fully saturated rings. The normalized spacial score (nSPS) is 14.2. The molecule has 0 bridgehead atoms. The fraction of sp³-hybridized carbons (Fsp3) is 0.292. The van der Waals surface area contributed by atoms with E-state index in [4.69, 9.17) is 4.74 Å². The van der Waals surface area contributed by atoms with Gasteiger partial charge in [0, 0.05) is 63.6 Å². The average molecular weight is 498 g/mol. The van der Waals surface area contributed by atoms with Crippen LogP contribution in [-0.4, -0.2) is 74.4 Å². The van der Waals surface area contributed by atoms with Crippen molar-refractivity contribution < 1.29 is 22.7 Å². The fourth-order valence-corrected chi connectivity index (χ4v) is 4.69. The molecule has 4 rings (SSSR count). The Hall–Kier alpha value is -3.54. The van der Waals surface area contributed by atoms with Crippen molar-refractivity contribution in [2.75, 3.05) is 50.6 Å². The lowest BCUT2D eigenvalue weighted by molar-refractivity contribution is 0.101. The molecule has 1 saturated heterocycles. The number of amides is 1. The molecule has 10 nitrogen and oxygen atoms in total. The molecule has 1 aromatic heterocycles. The SMILES string of the molecule is CN(C)S(=O)(=O)c1ccc(N2CCOCC2)c(C(=O)Nc2ccc(C(=O)c3nccn3C)cc2)c1. The van der Waals surface area contributed by atoms with Crippen molar-refractivity contribution in [3.63, 3.8) is 0 Å². The van der Waals surface area contributed by atoms with E-state index >= 15 is 0 Å². The van der Waals surface area contributed by atoms with Gasteiger partial charge in [0.15, 0.2) is 5.82 Å². The van der Waals surface area contributed by atoms with Crippen molar-refractivity contribution in [2.24, 2.45) is 7.05 Å². The van der Waals surface area contributed by atoms with E-state index in [2.05, 4.69) is 10.3 Å². The van der Waals surface area contributed by atoms with E-state index in [1.54, 1.807) is 54.3 Å². The number of morpholine rings is 1. The number of nitrogens with zero attached hydrogens (tertiary/aromatic N) is 4. The van der Waals surface area contributed by atoms with Gasteiger partial charge >= 0.3 is 0 Å². The number of carbonyl (C=O) groups is 2. The Bertz CT molecular complexity index is 1340. The molecule has 0 radical (unpaired) electrons. The number of ketones is 1. The molecule has 11 heteroatoms. The second-order valence-electron chi connectivity index (χ2n) is 8.29. The van der Waals surface area contributed by atoms with Gasteiger partial charge < -0.3 is 19.5 Å². The van der Waals surface area contributed by atoms with E-state index < -0.39 is 15.9 Å². The Labute approximate surface area is 204 Å². The van der Waals surface area contributed by atoms with Gasteiger partial charge in [-0.25, -0.2) is 17.7 Å². The van der Waals surface area contributed by atoms with Crippen LogP contribution < -0.4 is 10.2 Å². The summed E-state index contributed by atoms with van der Waals surface area (Å²) in [5, 5.41) is 2.82. The minimum Gasteiger partial charge on any atom is -0.378 e. The Morgan fingerprint density at radius 3 is 2.34 bits per heavy atom. The third-order valence-electron chi connectivity index (χ3n) is 5.77. The summed E-state index contributed by atoms with van der Waals surface area (Å²) in [4.78, 5) is 32.1. The van der Waals surface area contributed by atoms with Crippen LogP contribution in [-0.2, 0) is 21.8 Å². The highest BCUT2D eigenvalue weighted by atomic mass is 32.2. The lowest BCUT2D eigenvalue weighted by Gasteiger charge is -2.30. The monoisotopic (exact) mass is 497 g/mol. The van der Waals surface area contributed by atoms with Crippen molar-refractivity contribution in [1.29, 1.82) is 0 Å². The average Bonchev–Trinajstić information content (AvgIpc) is 3.29. The molecule has 0 unspecified atom stereocenters. The van der Waals surface area contributed by atoms with Gasteiger partial charge in [-0.2, -0.15) is 0 Å². The molecule has 184 valence electrons. The van der Waals surface area contributed by atoms with Gasteiger partial charge in [-0.05, 0) is 42.5 Å². The predicted molar refractivity (Wildman–Crippen MR) is 131 cm³/mol. The van der Waals surface area contributed by atoms with Gasteiger partial charge in [-0.15, -0.1) is 0 Å². The summed E-state index contributed by atoms with van der Waals surface area (Å²) in [7, 11) is 0.899. The van der Waals surface area contributed by atoms with Crippen LogP contribution >= 0.6 is 0 Å². The van der Waals surface area contributed by atoms with Crippen molar-refractivity contribution in [3.05, 3.63) is 71.8 Å².